The lowest BCUT2D eigenvalue weighted by atomic mass is 9.95. The lowest BCUT2D eigenvalue weighted by Gasteiger charge is -2.24. The van der Waals surface area contributed by atoms with Crippen LogP contribution in [0, 0.1) is 5.82 Å². The predicted octanol–water partition coefficient (Wildman–Crippen LogP) is 3.42. The van der Waals surface area contributed by atoms with Gasteiger partial charge in [-0.05, 0) is 99.4 Å². The number of rotatable bonds is 4. The molecule has 2 aliphatic rings. The van der Waals surface area contributed by atoms with Crippen LogP contribution in [0.4, 0.5) is 14.9 Å². The Kier molecular flexibility index (Phi) is 7.13. The van der Waals surface area contributed by atoms with E-state index in [1.54, 1.807) is 13.1 Å². The zero-order chi connectivity index (χ0) is 22.8. The fraction of sp³-hybridized carbons (Fsp3) is 0.435. The maximum Gasteiger partial charge on any atom is 0.316 e. The van der Waals surface area contributed by atoms with Gasteiger partial charge in [-0.3, -0.25) is 0 Å². The van der Waals surface area contributed by atoms with Crippen LogP contribution in [-0.2, 0) is 42.2 Å². The average molecular weight is 447 g/mol. The van der Waals surface area contributed by atoms with Crippen molar-refractivity contribution in [2.45, 2.75) is 62.8 Å². The normalized spacial score (nSPS) is 15.5. The van der Waals surface area contributed by atoms with Crippen LogP contribution in [0.2, 0.25) is 0 Å². The summed E-state index contributed by atoms with van der Waals surface area (Å²) in [6, 6.07) is 6.45. The summed E-state index contributed by atoms with van der Waals surface area (Å²) in [7, 11) is 0.0256. The maximum atomic E-state index is 13.5. The van der Waals surface area contributed by atoms with E-state index in [4.69, 9.17) is 10.9 Å². The summed E-state index contributed by atoms with van der Waals surface area (Å²) in [5, 5.41) is 11.0. The minimum atomic E-state index is -1.77. The van der Waals surface area contributed by atoms with Crippen LogP contribution in [0.1, 0.15) is 54.5 Å². The Balaban J connectivity index is 0.000000176. The van der Waals surface area contributed by atoms with E-state index in [1.807, 2.05) is 13.8 Å². The molecule has 0 saturated heterocycles. The Morgan fingerprint density at radius 3 is 2.10 bits per heavy atom. The molecule has 0 saturated carbocycles. The molecule has 0 spiro atoms. The van der Waals surface area contributed by atoms with Crippen LogP contribution in [0.25, 0.3) is 0 Å². The van der Waals surface area contributed by atoms with Crippen molar-refractivity contribution in [1.82, 2.24) is 5.32 Å². The molecule has 8 heteroatoms. The van der Waals surface area contributed by atoms with Crippen molar-refractivity contribution in [3.8, 4) is 0 Å². The number of benzene rings is 2. The molecular formula is C23H31FN4O2S. The predicted molar refractivity (Wildman–Crippen MR) is 123 cm³/mol. The van der Waals surface area contributed by atoms with Crippen LogP contribution >= 0.6 is 0 Å². The van der Waals surface area contributed by atoms with Gasteiger partial charge < -0.3 is 16.4 Å². The molecule has 2 amide bonds. The largest absolute Gasteiger partial charge is 0.351 e. The average Bonchev–Trinajstić information content (AvgIpc) is 3.37. The maximum absolute atomic E-state index is 13.5. The number of carbonyl (C=O) groups is 1. The molecule has 4 rings (SSSR count). The van der Waals surface area contributed by atoms with Gasteiger partial charge in [0.2, 0.25) is 0 Å². The molecule has 0 aromatic heterocycles. The molecule has 168 valence electrons. The molecular weight excluding hydrogens is 415 g/mol. The number of aryl methyl sites for hydroxylation is 2. The second-order valence-corrected chi connectivity index (χ2v) is 9.58. The Labute approximate surface area is 185 Å². The number of carbonyl (C=O) groups excluding carboxylic acids is 1. The van der Waals surface area contributed by atoms with Crippen LogP contribution in [0.3, 0.4) is 0 Å². The molecule has 1 unspecified atom stereocenters. The molecule has 0 bridgehead atoms. The van der Waals surface area contributed by atoms with E-state index in [0.717, 1.165) is 36.9 Å². The number of hydrogen-bond donors (Lipinski definition) is 4. The van der Waals surface area contributed by atoms with Crippen LogP contribution < -0.4 is 21.5 Å². The fourth-order valence-electron chi connectivity index (χ4n) is 4.29. The molecule has 1 atom stereocenters. The van der Waals surface area contributed by atoms with E-state index in [0.29, 0.717) is 0 Å². The summed E-state index contributed by atoms with van der Waals surface area (Å²) in [4.78, 5) is 11.1. The number of hydrogen-bond acceptors (Lipinski definition) is 3. The molecule has 31 heavy (non-hydrogen) atoms. The zero-order valence-corrected chi connectivity index (χ0v) is 19.1. The summed E-state index contributed by atoms with van der Waals surface area (Å²) < 4.78 is 24.4. The van der Waals surface area contributed by atoms with Crippen molar-refractivity contribution in [2.75, 3.05) is 12.4 Å². The van der Waals surface area contributed by atoms with Crippen LogP contribution in [0.5, 0.6) is 0 Å². The minimum absolute atomic E-state index is 0.0330. The number of fused-ring (bicyclic) bond motifs is 2. The molecule has 0 radical (unpaired) electrons. The quantitative estimate of drug-likeness (QED) is 0.577. The first-order valence-electron chi connectivity index (χ1n) is 10.5. The Morgan fingerprint density at radius 2 is 1.65 bits per heavy atom. The third-order valence-electron chi connectivity index (χ3n) is 6.22. The van der Waals surface area contributed by atoms with Crippen molar-refractivity contribution < 1.29 is 13.4 Å². The van der Waals surface area contributed by atoms with Gasteiger partial charge in [-0.15, -0.1) is 0 Å². The van der Waals surface area contributed by atoms with Crippen molar-refractivity contribution in [3.63, 3.8) is 0 Å². The number of nitrogens with two attached hydrogens (primary N) is 2. The van der Waals surface area contributed by atoms with Gasteiger partial charge in [-0.2, -0.15) is 0 Å². The lowest BCUT2D eigenvalue weighted by Crippen LogP contribution is -2.33. The number of amides is 2. The molecule has 0 aliphatic heterocycles. The van der Waals surface area contributed by atoms with Crippen LogP contribution in [0.15, 0.2) is 29.2 Å². The van der Waals surface area contributed by atoms with Gasteiger partial charge in [0.05, 0.1) is 4.90 Å². The van der Waals surface area contributed by atoms with Crippen molar-refractivity contribution in [1.29, 1.82) is 0 Å². The van der Waals surface area contributed by atoms with Gasteiger partial charge in [0.15, 0.2) is 0 Å². The fourth-order valence-corrected chi connectivity index (χ4v) is 4.74. The first kappa shape index (κ1) is 23.4. The lowest BCUT2D eigenvalue weighted by molar-refractivity contribution is 0.259. The molecule has 0 fully saturated rings. The Bertz CT molecular complexity index is 991. The molecule has 0 heterocycles. The summed E-state index contributed by atoms with van der Waals surface area (Å²) >= 11 is 0. The third kappa shape index (κ3) is 5.14. The van der Waals surface area contributed by atoms with Gasteiger partial charge in [0.1, 0.15) is 16.8 Å². The molecule has 6 N–H and O–H groups in total. The number of urea groups is 1. The molecule has 6 nitrogen and oxygen atoms in total. The summed E-state index contributed by atoms with van der Waals surface area (Å²) in [5.41, 5.74) is 12.3. The number of primary amides is 1. The summed E-state index contributed by atoms with van der Waals surface area (Å²) in [6.07, 6.45) is 6.86. The first-order chi connectivity index (χ1) is 14.6. The topological polar surface area (TPSA) is 110 Å². The van der Waals surface area contributed by atoms with E-state index in [2.05, 4.69) is 16.7 Å². The molecule has 2 aromatic rings. The second kappa shape index (κ2) is 9.46. The van der Waals surface area contributed by atoms with E-state index < -0.39 is 22.8 Å². The first-order valence-corrected chi connectivity index (χ1v) is 11.7. The Hall–Kier alpha value is -2.29. The number of nitrogens with one attached hydrogen (secondary N) is 2. The second-order valence-electron chi connectivity index (χ2n) is 8.54. The summed E-state index contributed by atoms with van der Waals surface area (Å²) in [6.45, 7) is 3.86. The highest BCUT2D eigenvalue weighted by Crippen LogP contribution is 2.38. The minimum Gasteiger partial charge on any atom is -0.351 e. The van der Waals surface area contributed by atoms with Gasteiger partial charge in [0.25, 0.3) is 0 Å². The van der Waals surface area contributed by atoms with Gasteiger partial charge in [-0.25, -0.2) is 18.5 Å². The van der Waals surface area contributed by atoms with Gasteiger partial charge >= 0.3 is 6.03 Å². The van der Waals surface area contributed by atoms with Gasteiger partial charge in [0, 0.05) is 11.2 Å². The smallest absolute Gasteiger partial charge is 0.316 e. The number of anilines is 1. The van der Waals surface area contributed by atoms with Crippen molar-refractivity contribution >= 4 is 22.7 Å². The number of halogens is 1. The molecule has 2 aromatic carbocycles. The summed E-state index contributed by atoms with van der Waals surface area (Å²) in [5.74, 6) is -0.531. The zero-order valence-electron chi connectivity index (χ0n) is 18.3. The van der Waals surface area contributed by atoms with Crippen molar-refractivity contribution in [2.24, 2.45) is 10.9 Å². The highest BCUT2D eigenvalue weighted by Gasteiger charge is 2.24. The third-order valence-corrected chi connectivity index (χ3v) is 6.98. The van der Waals surface area contributed by atoms with E-state index in [9.17, 15) is 13.4 Å². The van der Waals surface area contributed by atoms with Crippen molar-refractivity contribution in [3.05, 3.63) is 57.9 Å². The standard InChI is InChI=1S/C13H16N2O.C10H15FN2OS/c14-13(16)15-12-10-5-1-3-8(10)7-9-4-2-6-11(9)12;1-10(2,13-3)7-4-5-9(15(12)14)8(11)6-7/h7H,1-6H2,(H3,14,15,16);4-6,13H,12H2,1-3H3. The molecule has 2 aliphatic carbocycles. The van der Waals surface area contributed by atoms with E-state index >= 15 is 0 Å². The van der Waals surface area contributed by atoms with Gasteiger partial charge in [-0.1, -0.05) is 12.1 Å². The highest BCUT2D eigenvalue weighted by molar-refractivity contribution is 7.82. The monoisotopic (exact) mass is 446 g/mol. The van der Waals surface area contributed by atoms with Crippen LogP contribution in [-0.4, -0.2) is 17.3 Å². The van der Waals surface area contributed by atoms with E-state index in [-0.39, 0.29) is 10.4 Å². The highest BCUT2D eigenvalue weighted by atomic mass is 32.2. The SMILES string of the molecule is CNC(C)(C)c1ccc(S(N)=O)c(F)c1.NC(=O)Nc1c2c(cc3c1CCC3)CCC2. The van der Waals surface area contributed by atoms with E-state index in [1.165, 1.54) is 47.2 Å². The Morgan fingerprint density at radius 1 is 1.06 bits per heavy atom.